The summed E-state index contributed by atoms with van der Waals surface area (Å²) in [5.41, 5.74) is 3.40. The molecular formula is C24H18ClN3O2. The van der Waals surface area contributed by atoms with Crippen LogP contribution in [0, 0.1) is 0 Å². The highest BCUT2D eigenvalue weighted by Gasteiger charge is 2.40. The molecule has 148 valence electrons. The van der Waals surface area contributed by atoms with Gasteiger partial charge in [0.1, 0.15) is 11.9 Å². The molecule has 0 saturated carbocycles. The number of aromatic nitrogens is 2. The van der Waals surface area contributed by atoms with Crippen LogP contribution in [0.2, 0.25) is 5.02 Å². The maximum Gasteiger partial charge on any atom is 0.263 e. The van der Waals surface area contributed by atoms with Gasteiger partial charge in [0.05, 0.1) is 16.6 Å². The first-order chi connectivity index (χ1) is 14.6. The molecule has 0 bridgehead atoms. The van der Waals surface area contributed by atoms with Crippen LogP contribution in [-0.4, -0.2) is 26.5 Å². The fourth-order valence-electron chi connectivity index (χ4n) is 4.09. The zero-order valence-electron chi connectivity index (χ0n) is 16.2. The molecule has 3 aromatic carbocycles. The maximum atomic E-state index is 13.1. The van der Waals surface area contributed by atoms with E-state index >= 15 is 0 Å². The first-order valence-corrected chi connectivity index (χ1v) is 10.2. The topological polar surface area (TPSA) is 55.2 Å². The van der Waals surface area contributed by atoms with Gasteiger partial charge in [-0.3, -0.25) is 14.5 Å². The summed E-state index contributed by atoms with van der Waals surface area (Å²) >= 11 is 6.28. The lowest BCUT2D eigenvalue weighted by Crippen LogP contribution is -2.37. The third-order valence-electron chi connectivity index (χ3n) is 5.49. The van der Waals surface area contributed by atoms with Crippen molar-refractivity contribution in [1.29, 1.82) is 0 Å². The highest BCUT2D eigenvalue weighted by molar-refractivity contribution is 6.31. The van der Waals surface area contributed by atoms with E-state index in [1.54, 1.807) is 35.0 Å². The zero-order valence-corrected chi connectivity index (χ0v) is 17.0. The lowest BCUT2D eigenvalue weighted by Gasteiger charge is -2.26. The van der Waals surface area contributed by atoms with Gasteiger partial charge in [-0.2, -0.15) is 5.10 Å². The first-order valence-electron chi connectivity index (χ1n) is 9.80. The molecule has 0 aliphatic carbocycles. The number of imide groups is 1. The lowest BCUT2D eigenvalue weighted by atomic mass is 10.1. The summed E-state index contributed by atoms with van der Waals surface area (Å²) < 4.78 is 1.77. The molecule has 1 aliphatic rings. The van der Waals surface area contributed by atoms with Crippen molar-refractivity contribution in [3.8, 4) is 11.3 Å². The largest absolute Gasteiger partial charge is 0.268 e. The summed E-state index contributed by atoms with van der Waals surface area (Å²) in [6.45, 7) is 1.94. The van der Waals surface area contributed by atoms with Crippen LogP contribution in [0.4, 0.5) is 0 Å². The number of rotatable bonds is 4. The van der Waals surface area contributed by atoms with Gasteiger partial charge in [0.25, 0.3) is 11.8 Å². The minimum absolute atomic E-state index is 0.290. The zero-order chi connectivity index (χ0) is 20.8. The minimum Gasteiger partial charge on any atom is -0.268 e. The van der Waals surface area contributed by atoms with Gasteiger partial charge in [-0.05, 0) is 36.8 Å². The van der Waals surface area contributed by atoms with E-state index in [2.05, 4.69) is 0 Å². The number of carbonyl (C=O) groups excluding carboxylic acids is 2. The molecule has 0 radical (unpaired) electrons. The van der Waals surface area contributed by atoms with Crippen LogP contribution in [0.1, 0.15) is 40.2 Å². The molecule has 0 fully saturated rings. The van der Waals surface area contributed by atoms with Gasteiger partial charge in [-0.15, -0.1) is 0 Å². The maximum absolute atomic E-state index is 13.1. The van der Waals surface area contributed by atoms with Crippen molar-refractivity contribution < 1.29 is 9.59 Å². The molecule has 30 heavy (non-hydrogen) atoms. The van der Waals surface area contributed by atoms with Crippen LogP contribution in [0.15, 0.2) is 72.8 Å². The molecule has 5 rings (SSSR count). The number of halogens is 1. The van der Waals surface area contributed by atoms with Crippen molar-refractivity contribution >= 4 is 34.3 Å². The molecule has 4 aromatic rings. The van der Waals surface area contributed by atoms with Crippen molar-refractivity contribution in [3.63, 3.8) is 0 Å². The van der Waals surface area contributed by atoms with Gasteiger partial charge in [0.15, 0.2) is 0 Å². The Labute approximate surface area is 178 Å². The van der Waals surface area contributed by atoms with Gasteiger partial charge in [0.2, 0.25) is 0 Å². The van der Waals surface area contributed by atoms with Crippen LogP contribution in [0.3, 0.4) is 0 Å². The molecule has 0 saturated heterocycles. The number of carbonyl (C=O) groups is 2. The number of hydrogen-bond acceptors (Lipinski definition) is 3. The minimum atomic E-state index is -0.543. The molecule has 2 amide bonds. The lowest BCUT2D eigenvalue weighted by molar-refractivity contribution is 0.0496. The third-order valence-corrected chi connectivity index (χ3v) is 5.72. The van der Waals surface area contributed by atoms with Crippen LogP contribution < -0.4 is 0 Å². The third kappa shape index (κ3) is 2.74. The van der Waals surface area contributed by atoms with E-state index in [-0.39, 0.29) is 11.8 Å². The molecular weight excluding hydrogens is 398 g/mol. The molecule has 1 aromatic heterocycles. The van der Waals surface area contributed by atoms with Gasteiger partial charge in [-0.1, -0.05) is 61.0 Å². The van der Waals surface area contributed by atoms with Crippen LogP contribution in [0.5, 0.6) is 0 Å². The van der Waals surface area contributed by atoms with E-state index in [0.717, 1.165) is 22.2 Å². The SMILES string of the molecule is CCC(N1C(=O)c2ccccc2C1=O)n1nc(-c2ccccc2)c2cc(Cl)ccc21. The second-order valence-electron chi connectivity index (χ2n) is 7.24. The van der Waals surface area contributed by atoms with Crippen molar-refractivity contribution in [2.75, 3.05) is 0 Å². The van der Waals surface area contributed by atoms with E-state index in [4.69, 9.17) is 16.7 Å². The van der Waals surface area contributed by atoms with Crippen molar-refractivity contribution in [2.45, 2.75) is 19.5 Å². The Hall–Kier alpha value is -3.44. The molecule has 6 heteroatoms. The Morgan fingerprint density at radius 3 is 2.17 bits per heavy atom. The van der Waals surface area contributed by atoms with Crippen molar-refractivity contribution in [2.24, 2.45) is 0 Å². The van der Waals surface area contributed by atoms with E-state index in [1.807, 2.05) is 49.4 Å². The summed E-state index contributed by atoms with van der Waals surface area (Å²) in [6.07, 6.45) is -0.0161. The average molecular weight is 416 g/mol. The van der Waals surface area contributed by atoms with Gasteiger partial charge >= 0.3 is 0 Å². The molecule has 0 N–H and O–H groups in total. The summed E-state index contributed by atoms with van der Waals surface area (Å²) in [7, 11) is 0. The van der Waals surface area contributed by atoms with Crippen molar-refractivity contribution in [3.05, 3.63) is 88.9 Å². The van der Waals surface area contributed by atoms with E-state index in [0.29, 0.717) is 22.6 Å². The van der Waals surface area contributed by atoms with E-state index in [9.17, 15) is 9.59 Å². The number of amides is 2. The fourth-order valence-corrected chi connectivity index (χ4v) is 4.27. The first kappa shape index (κ1) is 18.6. The molecule has 5 nitrogen and oxygen atoms in total. The number of hydrogen-bond donors (Lipinski definition) is 0. The second kappa shape index (κ2) is 7.11. The monoisotopic (exact) mass is 415 g/mol. The van der Waals surface area contributed by atoms with Gasteiger partial charge in [-0.25, -0.2) is 4.68 Å². The quantitative estimate of drug-likeness (QED) is 0.410. The molecule has 1 aliphatic heterocycles. The van der Waals surface area contributed by atoms with Crippen LogP contribution in [0.25, 0.3) is 22.2 Å². The highest BCUT2D eigenvalue weighted by atomic mass is 35.5. The molecule has 0 spiro atoms. The standard InChI is InChI=1S/C24H18ClN3O2/c1-2-21(27-23(29)17-10-6-7-11-18(17)24(27)30)28-20-13-12-16(25)14-19(20)22(26-28)15-8-4-3-5-9-15/h3-14,21H,2H2,1H3. The Kier molecular flexibility index (Phi) is 4.40. The summed E-state index contributed by atoms with van der Waals surface area (Å²) in [5.74, 6) is -0.581. The normalized spacial score (nSPS) is 14.4. The van der Waals surface area contributed by atoms with Crippen LogP contribution in [-0.2, 0) is 0 Å². The smallest absolute Gasteiger partial charge is 0.263 e. The van der Waals surface area contributed by atoms with Gasteiger partial charge < -0.3 is 0 Å². The Morgan fingerprint density at radius 2 is 1.53 bits per heavy atom. The number of benzene rings is 3. The second-order valence-corrected chi connectivity index (χ2v) is 7.67. The fraction of sp³-hybridized carbons (Fsp3) is 0.125. The average Bonchev–Trinajstić information content (AvgIpc) is 3.26. The molecule has 1 atom stereocenters. The number of fused-ring (bicyclic) bond motifs is 2. The van der Waals surface area contributed by atoms with Crippen molar-refractivity contribution in [1.82, 2.24) is 14.7 Å². The highest BCUT2D eigenvalue weighted by Crippen LogP contribution is 2.36. The van der Waals surface area contributed by atoms with E-state index in [1.165, 1.54) is 4.90 Å². The van der Waals surface area contributed by atoms with Gasteiger partial charge in [0, 0.05) is 16.0 Å². The van der Waals surface area contributed by atoms with Crippen LogP contribution >= 0.6 is 11.6 Å². The summed E-state index contributed by atoms with van der Waals surface area (Å²) in [4.78, 5) is 27.5. The predicted molar refractivity (Wildman–Crippen MR) is 116 cm³/mol. The summed E-state index contributed by atoms with van der Waals surface area (Å²) in [5, 5.41) is 6.34. The summed E-state index contributed by atoms with van der Waals surface area (Å²) in [6, 6.07) is 22.3. The number of nitrogens with zero attached hydrogens (tertiary/aromatic N) is 3. The Balaban J connectivity index is 1.69. The Morgan fingerprint density at radius 1 is 0.900 bits per heavy atom. The van der Waals surface area contributed by atoms with E-state index < -0.39 is 6.17 Å². The molecule has 2 heterocycles. The molecule has 1 unspecified atom stereocenters. The predicted octanol–water partition coefficient (Wildman–Crippen LogP) is 5.56. The Bertz CT molecular complexity index is 1260.